The van der Waals surface area contributed by atoms with E-state index in [1.54, 1.807) is 37.6 Å². The monoisotopic (exact) mass is 428 g/mol. The number of hydrogen-bond acceptors (Lipinski definition) is 4. The zero-order valence-corrected chi connectivity index (χ0v) is 16.4. The highest BCUT2D eigenvalue weighted by Crippen LogP contribution is 2.30. The maximum atomic E-state index is 13.0. The third kappa shape index (κ3) is 2.98. The Morgan fingerprint density at radius 2 is 2.00 bits per heavy atom. The molecular formula is C20H17BrN2O4. The number of rotatable bonds is 4. The first-order valence-electron chi connectivity index (χ1n) is 8.40. The number of carbonyl (C=O) groups excluding carboxylic acids is 1. The first kappa shape index (κ1) is 17.6. The predicted octanol–water partition coefficient (Wildman–Crippen LogP) is 3.59. The van der Waals surface area contributed by atoms with Crippen molar-refractivity contribution in [1.82, 2.24) is 4.57 Å². The quantitative estimate of drug-likeness (QED) is 0.689. The number of halogens is 1. The molecule has 0 radical (unpaired) electrons. The smallest absolute Gasteiger partial charge is 0.261 e. The Bertz CT molecular complexity index is 1140. The number of benzene rings is 2. The van der Waals surface area contributed by atoms with Crippen molar-refractivity contribution in [2.75, 3.05) is 19.5 Å². The minimum Gasteiger partial charge on any atom is -0.497 e. The van der Waals surface area contributed by atoms with Gasteiger partial charge in [-0.05, 0) is 36.2 Å². The molecule has 2 aromatic carbocycles. The van der Waals surface area contributed by atoms with E-state index in [-0.39, 0.29) is 11.0 Å². The SMILES string of the molecule is COc1ccc(NC(=O)c2cn3c4c(cc(Br)cc4c2=O)CC3)c(OC)c1. The summed E-state index contributed by atoms with van der Waals surface area (Å²) in [4.78, 5) is 25.8. The van der Waals surface area contributed by atoms with E-state index < -0.39 is 5.91 Å². The Morgan fingerprint density at radius 1 is 1.19 bits per heavy atom. The number of aromatic nitrogens is 1. The van der Waals surface area contributed by atoms with E-state index >= 15 is 0 Å². The molecule has 2 heterocycles. The van der Waals surface area contributed by atoms with Crippen LogP contribution >= 0.6 is 15.9 Å². The molecule has 6 nitrogen and oxygen atoms in total. The third-order valence-corrected chi connectivity index (χ3v) is 5.20. The summed E-state index contributed by atoms with van der Waals surface area (Å²) in [6.07, 6.45) is 2.48. The zero-order chi connectivity index (χ0) is 19.1. The van der Waals surface area contributed by atoms with E-state index in [9.17, 15) is 9.59 Å². The van der Waals surface area contributed by atoms with E-state index in [4.69, 9.17) is 9.47 Å². The standard InChI is InChI=1S/C20H17BrN2O4/c1-26-13-3-4-16(17(9-13)27-2)22-20(25)15-10-23-6-5-11-7-12(21)8-14(18(11)23)19(15)24/h3-4,7-10H,5-6H2,1-2H3,(H,22,25). The van der Waals surface area contributed by atoms with Crippen LogP contribution in [0.1, 0.15) is 15.9 Å². The molecule has 1 aromatic heterocycles. The topological polar surface area (TPSA) is 69.6 Å². The lowest BCUT2D eigenvalue weighted by Gasteiger charge is -2.13. The van der Waals surface area contributed by atoms with Crippen molar-refractivity contribution in [1.29, 1.82) is 0 Å². The van der Waals surface area contributed by atoms with E-state index in [1.165, 1.54) is 7.11 Å². The molecule has 138 valence electrons. The van der Waals surface area contributed by atoms with Crippen LogP contribution in [0.4, 0.5) is 5.69 Å². The van der Waals surface area contributed by atoms with Crippen LogP contribution in [0, 0.1) is 0 Å². The molecule has 1 aliphatic heterocycles. The Balaban J connectivity index is 1.77. The molecule has 1 amide bonds. The molecule has 0 spiro atoms. The number of amides is 1. The Hall–Kier alpha value is -2.80. The van der Waals surface area contributed by atoms with E-state index in [0.29, 0.717) is 22.6 Å². The lowest BCUT2D eigenvalue weighted by Crippen LogP contribution is -2.23. The fraction of sp³-hybridized carbons (Fsp3) is 0.200. The summed E-state index contributed by atoms with van der Waals surface area (Å²) in [5, 5.41) is 3.32. The van der Waals surface area contributed by atoms with Crippen LogP contribution in [0.5, 0.6) is 11.5 Å². The van der Waals surface area contributed by atoms with Gasteiger partial charge < -0.3 is 19.4 Å². The second-order valence-corrected chi connectivity index (χ2v) is 7.21. The summed E-state index contributed by atoms with van der Waals surface area (Å²) in [5.41, 5.74) is 2.31. The molecule has 0 unspecified atom stereocenters. The van der Waals surface area contributed by atoms with Gasteiger partial charge >= 0.3 is 0 Å². The minimum absolute atomic E-state index is 0.103. The van der Waals surface area contributed by atoms with Gasteiger partial charge in [0.05, 0.1) is 25.4 Å². The van der Waals surface area contributed by atoms with Crippen LogP contribution in [0.25, 0.3) is 10.9 Å². The Labute approximate surface area is 163 Å². The number of pyridine rings is 1. The van der Waals surface area contributed by atoms with Gasteiger partial charge in [0, 0.05) is 28.7 Å². The van der Waals surface area contributed by atoms with Crippen molar-refractivity contribution < 1.29 is 14.3 Å². The van der Waals surface area contributed by atoms with Gasteiger partial charge in [-0.2, -0.15) is 0 Å². The number of carbonyl (C=O) groups is 1. The summed E-state index contributed by atoms with van der Waals surface area (Å²) >= 11 is 3.45. The van der Waals surface area contributed by atoms with Crippen LogP contribution in [0.15, 0.2) is 45.8 Å². The highest BCUT2D eigenvalue weighted by atomic mass is 79.9. The van der Waals surface area contributed by atoms with Gasteiger partial charge in [-0.25, -0.2) is 0 Å². The van der Waals surface area contributed by atoms with Crippen LogP contribution in [0.3, 0.4) is 0 Å². The van der Waals surface area contributed by atoms with Crippen molar-refractivity contribution in [2.24, 2.45) is 0 Å². The van der Waals surface area contributed by atoms with Gasteiger partial charge in [0.15, 0.2) is 0 Å². The molecule has 27 heavy (non-hydrogen) atoms. The fourth-order valence-corrected chi connectivity index (χ4v) is 3.96. The first-order chi connectivity index (χ1) is 13.0. The summed E-state index contributed by atoms with van der Waals surface area (Å²) in [6.45, 7) is 0.745. The largest absolute Gasteiger partial charge is 0.497 e. The van der Waals surface area contributed by atoms with Crippen molar-refractivity contribution in [3.05, 3.63) is 62.4 Å². The number of aryl methyl sites for hydroxylation is 2. The van der Waals surface area contributed by atoms with Crippen molar-refractivity contribution in [3.8, 4) is 11.5 Å². The maximum Gasteiger partial charge on any atom is 0.261 e. The predicted molar refractivity (Wildman–Crippen MR) is 107 cm³/mol. The zero-order valence-electron chi connectivity index (χ0n) is 14.8. The number of ether oxygens (including phenoxy) is 2. The van der Waals surface area contributed by atoms with Gasteiger partial charge in [-0.15, -0.1) is 0 Å². The molecular weight excluding hydrogens is 412 g/mol. The average Bonchev–Trinajstić information content (AvgIpc) is 3.07. The first-order valence-corrected chi connectivity index (χ1v) is 9.20. The molecule has 3 aromatic rings. The van der Waals surface area contributed by atoms with Gasteiger partial charge in [-0.1, -0.05) is 15.9 Å². The lowest BCUT2D eigenvalue weighted by molar-refractivity contribution is 0.102. The number of hydrogen-bond donors (Lipinski definition) is 1. The summed E-state index contributed by atoms with van der Waals surface area (Å²) < 4.78 is 13.3. The minimum atomic E-state index is -0.470. The van der Waals surface area contributed by atoms with Gasteiger partial charge in [0.1, 0.15) is 17.1 Å². The maximum absolute atomic E-state index is 13.0. The van der Waals surface area contributed by atoms with Crippen LogP contribution < -0.4 is 20.2 Å². The second-order valence-electron chi connectivity index (χ2n) is 6.30. The number of nitrogens with one attached hydrogen (secondary N) is 1. The molecule has 7 heteroatoms. The molecule has 4 rings (SSSR count). The van der Waals surface area contributed by atoms with Gasteiger partial charge in [0.25, 0.3) is 5.91 Å². The molecule has 0 atom stereocenters. The van der Waals surface area contributed by atoms with Crippen molar-refractivity contribution >= 4 is 38.4 Å². The highest BCUT2D eigenvalue weighted by molar-refractivity contribution is 9.10. The Kier molecular flexibility index (Phi) is 4.39. The Morgan fingerprint density at radius 3 is 2.74 bits per heavy atom. The molecule has 0 bridgehead atoms. The molecule has 0 fully saturated rings. The van der Waals surface area contributed by atoms with Crippen LogP contribution in [0.2, 0.25) is 0 Å². The van der Waals surface area contributed by atoms with Crippen LogP contribution in [-0.4, -0.2) is 24.7 Å². The van der Waals surface area contributed by atoms with E-state index in [0.717, 1.165) is 28.5 Å². The van der Waals surface area contributed by atoms with E-state index in [2.05, 4.69) is 21.2 Å². The third-order valence-electron chi connectivity index (χ3n) is 4.74. The molecule has 0 aliphatic carbocycles. The number of anilines is 1. The summed E-state index contributed by atoms with van der Waals surface area (Å²) in [5.74, 6) is 0.599. The number of nitrogens with zero attached hydrogens (tertiary/aromatic N) is 1. The average molecular weight is 429 g/mol. The van der Waals surface area contributed by atoms with Gasteiger partial charge in [-0.3, -0.25) is 9.59 Å². The van der Waals surface area contributed by atoms with Crippen molar-refractivity contribution in [3.63, 3.8) is 0 Å². The van der Waals surface area contributed by atoms with E-state index in [1.807, 2.05) is 10.6 Å². The second kappa shape index (κ2) is 6.74. The fourth-order valence-electron chi connectivity index (χ4n) is 3.45. The molecule has 0 saturated carbocycles. The van der Waals surface area contributed by atoms with Gasteiger partial charge in [0.2, 0.25) is 5.43 Å². The summed E-state index contributed by atoms with van der Waals surface area (Å²) in [6, 6.07) is 8.86. The number of methoxy groups -OCH3 is 2. The lowest BCUT2D eigenvalue weighted by atomic mass is 10.1. The summed E-state index contributed by atoms with van der Waals surface area (Å²) in [7, 11) is 3.06. The molecule has 0 saturated heterocycles. The van der Waals surface area contributed by atoms with Crippen molar-refractivity contribution in [2.45, 2.75) is 13.0 Å². The molecule has 1 N–H and O–H groups in total. The molecule has 1 aliphatic rings. The van der Waals surface area contributed by atoms with Crippen LogP contribution in [-0.2, 0) is 13.0 Å². The highest BCUT2D eigenvalue weighted by Gasteiger charge is 2.22. The normalized spacial score (nSPS) is 12.3.